The molecule has 9 heteroatoms. The lowest BCUT2D eigenvalue weighted by atomic mass is 9.76. The normalized spacial score (nSPS) is 25.9. The van der Waals surface area contributed by atoms with Gasteiger partial charge in [-0.1, -0.05) is 54.4 Å². The molecule has 1 N–H and O–H groups in total. The summed E-state index contributed by atoms with van der Waals surface area (Å²) >= 11 is 12.4. The first-order chi connectivity index (χ1) is 18.3. The summed E-state index contributed by atoms with van der Waals surface area (Å²) in [7, 11) is 1.56. The van der Waals surface area contributed by atoms with Crippen LogP contribution in [0.25, 0.3) is 0 Å². The molecule has 0 radical (unpaired) electrons. The Balaban J connectivity index is 1.45. The molecule has 0 aromatic heterocycles. The zero-order valence-corrected chi connectivity index (χ0v) is 22.3. The highest BCUT2D eigenvalue weighted by Gasteiger charge is 2.71. The predicted molar refractivity (Wildman–Crippen MR) is 145 cm³/mol. The van der Waals surface area contributed by atoms with Crippen LogP contribution >= 0.6 is 23.2 Å². The van der Waals surface area contributed by atoms with Crippen molar-refractivity contribution in [3.63, 3.8) is 0 Å². The van der Waals surface area contributed by atoms with E-state index in [1.54, 1.807) is 48.4 Å². The quantitative estimate of drug-likeness (QED) is 0.456. The number of ether oxygens (including phenoxy) is 1. The molecule has 3 aliphatic rings. The number of para-hydroxylation sites is 1. The highest BCUT2D eigenvalue weighted by Crippen LogP contribution is 2.55. The van der Waals surface area contributed by atoms with Crippen LogP contribution in [0.4, 0.5) is 11.4 Å². The van der Waals surface area contributed by atoms with Gasteiger partial charge >= 0.3 is 0 Å². The summed E-state index contributed by atoms with van der Waals surface area (Å²) in [6.07, 6.45) is 0.584. The molecule has 0 aliphatic carbocycles. The van der Waals surface area contributed by atoms with Gasteiger partial charge in [-0.25, -0.2) is 4.90 Å². The van der Waals surface area contributed by atoms with Gasteiger partial charge in [0.25, 0.3) is 5.91 Å². The van der Waals surface area contributed by atoms with Gasteiger partial charge in [-0.3, -0.25) is 19.7 Å². The highest BCUT2D eigenvalue weighted by atomic mass is 35.5. The van der Waals surface area contributed by atoms with Crippen LogP contribution in [0.1, 0.15) is 24.5 Å². The van der Waals surface area contributed by atoms with Gasteiger partial charge in [0.1, 0.15) is 11.3 Å². The van der Waals surface area contributed by atoms with Crippen molar-refractivity contribution in [2.24, 2.45) is 11.8 Å². The molecule has 194 valence electrons. The van der Waals surface area contributed by atoms with Crippen LogP contribution in [0.3, 0.4) is 0 Å². The van der Waals surface area contributed by atoms with Gasteiger partial charge in [-0.05, 0) is 54.4 Å². The number of nitrogens with one attached hydrogen (secondary N) is 1. The molecule has 3 aromatic carbocycles. The lowest BCUT2D eigenvalue weighted by molar-refractivity contribution is -0.132. The number of hydrogen-bond donors (Lipinski definition) is 1. The van der Waals surface area contributed by atoms with E-state index < -0.39 is 17.4 Å². The van der Waals surface area contributed by atoms with E-state index in [0.29, 0.717) is 39.2 Å². The minimum absolute atomic E-state index is 0.245. The predicted octanol–water partition coefficient (Wildman–Crippen LogP) is 4.93. The lowest BCUT2D eigenvalue weighted by Crippen LogP contribution is -2.55. The molecular weight excluding hydrogens is 525 g/mol. The SMILES string of the molecule is CC[C@H]1N[C@]2(C(=O)N(Cc3ccc(Cl)c(Cl)c3)c3ccccc32)[C@@H]2C(=O)N(c3ccc(OC)cc3)C(=O)[C@@H]21. The fourth-order valence-electron chi connectivity index (χ4n) is 6.26. The summed E-state index contributed by atoms with van der Waals surface area (Å²) in [5.74, 6) is -1.86. The average molecular weight is 550 g/mol. The van der Waals surface area contributed by atoms with Crippen molar-refractivity contribution < 1.29 is 19.1 Å². The van der Waals surface area contributed by atoms with E-state index >= 15 is 0 Å². The van der Waals surface area contributed by atoms with Gasteiger partial charge in [0.15, 0.2) is 0 Å². The van der Waals surface area contributed by atoms with Crippen molar-refractivity contribution in [2.45, 2.75) is 31.5 Å². The Labute approximate surface area is 230 Å². The fraction of sp³-hybridized carbons (Fsp3) is 0.276. The summed E-state index contributed by atoms with van der Waals surface area (Å²) in [6.45, 7) is 2.20. The Bertz CT molecular complexity index is 1480. The number of fused-ring (bicyclic) bond motifs is 4. The zero-order chi connectivity index (χ0) is 26.8. The molecule has 0 unspecified atom stereocenters. The average Bonchev–Trinajstić information content (AvgIpc) is 3.50. The maximum Gasteiger partial charge on any atom is 0.253 e. The first kappa shape index (κ1) is 24.9. The Kier molecular flexibility index (Phi) is 5.98. The molecule has 2 saturated heterocycles. The van der Waals surface area contributed by atoms with Crippen molar-refractivity contribution in [3.8, 4) is 5.75 Å². The van der Waals surface area contributed by atoms with Crippen LogP contribution in [0, 0.1) is 11.8 Å². The molecule has 7 nitrogen and oxygen atoms in total. The zero-order valence-electron chi connectivity index (χ0n) is 20.8. The van der Waals surface area contributed by atoms with E-state index in [1.807, 2.05) is 37.3 Å². The first-order valence-corrected chi connectivity index (χ1v) is 13.2. The molecule has 3 amide bonds. The minimum atomic E-state index is -1.36. The summed E-state index contributed by atoms with van der Waals surface area (Å²) in [5, 5.41) is 4.31. The van der Waals surface area contributed by atoms with Gasteiger partial charge in [-0.15, -0.1) is 0 Å². The third-order valence-electron chi connectivity index (χ3n) is 7.96. The number of nitrogens with zero attached hydrogens (tertiary/aromatic N) is 2. The third-order valence-corrected chi connectivity index (χ3v) is 8.70. The minimum Gasteiger partial charge on any atom is -0.497 e. The van der Waals surface area contributed by atoms with Gasteiger partial charge in [-0.2, -0.15) is 0 Å². The summed E-state index contributed by atoms with van der Waals surface area (Å²) in [4.78, 5) is 45.2. The van der Waals surface area contributed by atoms with Gasteiger partial charge in [0.2, 0.25) is 11.8 Å². The largest absolute Gasteiger partial charge is 0.497 e. The molecule has 3 heterocycles. The van der Waals surface area contributed by atoms with Crippen molar-refractivity contribution in [1.29, 1.82) is 0 Å². The van der Waals surface area contributed by atoms with E-state index in [0.717, 1.165) is 5.56 Å². The van der Waals surface area contributed by atoms with Crippen LogP contribution in [-0.2, 0) is 26.5 Å². The summed E-state index contributed by atoms with van der Waals surface area (Å²) < 4.78 is 5.23. The van der Waals surface area contributed by atoms with Crippen LogP contribution < -0.4 is 19.9 Å². The molecule has 2 fully saturated rings. The van der Waals surface area contributed by atoms with Crippen molar-refractivity contribution in [1.82, 2.24) is 5.32 Å². The lowest BCUT2D eigenvalue weighted by Gasteiger charge is -2.30. The number of halogens is 2. The van der Waals surface area contributed by atoms with E-state index in [9.17, 15) is 14.4 Å². The van der Waals surface area contributed by atoms with Crippen LogP contribution in [0.2, 0.25) is 10.0 Å². The Hall–Kier alpha value is -3.39. The molecule has 1 spiro atoms. The van der Waals surface area contributed by atoms with Gasteiger partial charge in [0, 0.05) is 17.3 Å². The summed E-state index contributed by atoms with van der Waals surface area (Å²) in [5.41, 5.74) is 1.32. The van der Waals surface area contributed by atoms with Crippen LogP contribution in [-0.4, -0.2) is 30.9 Å². The molecule has 4 atom stereocenters. The van der Waals surface area contributed by atoms with E-state index in [1.165, 1.54) is 4.90 Å². The monoisotopic (exact) mass is 549 g/mol. The molecular formula is C29H25Cl2N3O4. The third kappa shape index (κ3) is 3.42. The van der Waals surface area contributed by atoms with E-state index in [2.05, 4.69) is 5.32 Å². The Morgan fingerprint density at radius 3 is 2.37 bits per heavy atom. The molecule has 38 heavy (non-hydrogen) atoms. The number of anilines is 2. The van der Waals surface area contributed by atoms with Crippen molar-refractivity contribution >= 4 is 52.3 Å². The first-order valence-electron chi connectivity index (χ1n) is 12.5. The summed E-state index contributed by atoms with van der Waals surface area (Å²) in [6, 6.07) is 19.2. The molecule has 6 rings (SSSR count). The molecule has 0 saturated carbocycles. The second-order valence-electron chi connectivity index (χ2n) is 9.84. The Morgan fingerprint density at radius 2 is 1.68 bits per heavy atom. The molecule has 3 aliphatic heterocycles. The van der Waals surface area contributed by atoms with Crippen molar-refractivity contribution in [2.75, 3.05) is 16.9 Å². The number of benzene rings is 3. The number of imide groups is 1. The number of carbonyl (C=O) groups excluding carboxylic acids is 3. The highest BCUT2D eigenvalue weighted by molar-refractivity contribution is 6.42. The fourth-order valence-corrected chi connectivity index (χ4v) is 6.58. The van der Waals surface area contributed by atoms with E-state index in [-0.39, 0.29) is 30.3 Å². The standard InChI is InChI=1S/C29H25Cl2N3O4/c1-3-22-24-25(27(36)34(26(24)35)17-9-11-18(38-2)12-10-17)29(32-22)19-6-4-5-7-23(19)33(28(29)37)15-16-8-13-20(30)21(31)14-16/h4-14,22,24-25,32H,3,15H2,1-2H3/t22-,24-,25+,29+/m1/s1. The van der Waals surface area contributed by atoms with E-state index in [4.69, 9.17) is 27.9 Å². The maximum atomic E-state index is 14.4. The molecule has 3 aromatic rings. The van der Waals surface area contributed by atoms with Crippen molar-refractivity contribution in [3.05, 3.63) is 87.9 Å². The topological polar surface area (TPSA) is 79.0 Å². The Morgan fingerprint density at radius 1 is 0.947 bits per heavy atom. The second kappa shape index (κ2) is 9.12. The second-order valence-corrected chi connectivity index (χ2v) is 10.7. The van der Waals surface area contributed by atoms with Crippen LogP contribution in [0.15, 0.2) is 66.7 Å². The maximum absolute atomic E-state index is 14.4. The number of carbonyl (C=O) groups is 3. The number of rotatable bonds is 5. The molecule has 0 bridgehead atoms. The smallest absolute Gasteiger partial charge is 0.253 e. The van der Waals surface area contributed by atoms with Crippen LogP contribution in [0.5, 0.6) is 5.75 Å². The van der Waals surface area contributed by atoms with Gasteiger partial charge < -0.3 is 9.64 Å². The number of hydrogen-bond acceptors (Lipinski definition) is 5. The number of amides is 3. The van der Waals surface area contributed by atoms with Gasteiger partial charge in [0.05, 0.1) is 41.2 Å². The number of methoxy groups -OCH3 is 1.